The van der Waals surface area contributed by atoms with Gasteiger partial charge < -0.3 is 5.11 Å². The third-order valence-corrected chi connectivity index (χ3v) is 6.09. The second kappa shape index (κ2) is 7.46. The number of aliphatic hydroxyl groups is 1. The third-order valence-electron chi connectivity index (χ3n) is 4.78. The summed E-state index contributed by atoms with van der Waals surface area (Å²) >= 11 is 7.39. The van der Waals surface area contributed by atoms with Gasteiger partial charge in [-0.25, -0.2) is 4.39 Å². The molecule has 0 bridgehead atoms. The first kappa shape index (κ1) is 19.4. The normalized spacial score (nSPS) is 18.4. The maximum Gasteiger partial charge on any atom is 0.300 e. The lowest BCUT2D eigenvalue weighted by Gasteiger charge is -2.25. The average molecular weight is 428 g/mol. The van der Waals surface area contributed by atoms with Crippen LogP contribution in [0.1, 0.15) is 22.0 Å². The summed E-state index contributed by atoms with van der Waals surface area (Å²) in [6, 6.07) is 12.9. The van der Waals surface area contributed by atoms with Gasteiger partial charge in [0.2, 0.25) is 0 Å². The Morgan fingerprint density at radius 1 is 1.14 bits per heavy atom. The number of aryl methyl sites for hydroxylation is 1. The Balaban J connectivity index is 1.97. The van der Waals surface area contributed by atoms with E-state index in [1.54, 1.807) is 24.3 Å². The van der Waals surface area contributed by atoms with E-state index in [4.69, 9.17) is 11.6 Å². The van der Waals surface area contributed by atoms with Gasteiger partial charge in [-0.2, -0.15) is 0 Å². The van der Waals surface area contributed by atoms with Gasteiger partial charge in [-0.05, 0) is 54.3 Å². The number of rotatable bonds is 3. The molecule has 1 aliphatic rings. The fourth-order valence-electron chi connectivity index (χ4n) is 3.43. The van der Waals surface area contributed by atoms with Crippen LogP contribution in [0.3, 0.4) is 0 Å². The first-order chi connectivity index (χ1) is 13.9. The summed E-state index contributed by atoms with van der Waals surface area (Å²) in [5.41, 5.74) is 1.39. The van der Waals surface area contributed by atoms with Crippen LogP contribution in [0, 0.1) is 12.7 Å². The van der Waals surface area contributed by atoms with E-state index in [0.29, 0.717) is 10.6 Å². The molecule has 3 aromatic rings. The number of hydrogen-bond donors (Lipinski definition) is 1. The molecule has 7 heteroatoms. The second-order valence-corrected chi connectivity index (χ2v) is 8.01. The maximum atomic E-state index is 13.9. The number of anilines is 1. The molecular formula is C22H15ClFNO3S. The van der Waals surface area contributed by atoms with E-state index in [-0.39, 0.29) is 17.0 Å². The highest BCUT2D eigenvalue weighted by Crippen LogP contribution is 2.44. The lowest BCUT2D eigenvalue weighted by atomic mass is 9.98. The molecule has 146 valence electrons. The molecule has 1 N–H and O–H groups in total. The number of nitrogens with zero attached hydrogens (tertiary/aromatic N) is 1. The zero-order chi connectivity index (χ0) is 20.7. The predicted octanol–water partition coefficient (Wildman–Crippen LogP) is 5.48. The topological polar surface area (TPSA) is 57.6 Å². The van der Waals surface area contributed by atoms with Crippen molar-refractivity contribution < 1.29 is 19.1 Å². The Hall–Kier alpha value is -2.96. The molecule has 2 heterocycles. The van der Waals surface area contributed by atoms with Crippen LogP contribution in [-0.2, 0) is 9.59 Å². The molecule has 4 rings (SSSR count). The summed E-state index contributed by atoms with van der Waals surface area (Å²) in [5, 5.41) is 13.2. The number of thiophene rings is 1. The molecule has 29 heavy (non-hydrogen) atoms. The zero-order valence-electron chi connectivity index (χ0n) is 15.2. The van der Waals surface area contributed by atoms with Crippen LogP contribution in [0.4, 0.5) is 10.1 Å². The molecule has 1 atom stereocenters. The molecule has 1 amide bonds. The van der Waals surface area contributed by atoms with Crippen LogP contribution in [-0.4, -0.2) is 16.8 Å². The summed E-state index contributed by atoms with van der Waals surface area (Å²) in [7, 11) is 0. The van der Waals surface area contributed by atoms with E-state index in [2.05, 4.69) is 0 Å². The number of benzene rings is 2. The Morgan fingerprint density at radius 3 is 2.55 bits per heavy atom. The van der Waals surface area contributed by atoms with Gasteiger partial charge in [-0.3, -0.25) is 14.5 Å². The molecule has 4 nitrogen and oxygen atoms in total. The van der Waals surface area contributed by atoms with Crippen molar-refractivity contribution in [3.8, 4) is 0 Å². The monoisotopic (exact) mass is 427 g/mol. The van der Waals surface area contributed by atoms with Gasteiger partial charge in [0.15, 0.2) is 0 Å². The molecule has 2 aromatic carbocycles. The number of amides is 1. The first-order valence-electron chi connectivity index (χ1n) is 8.75. The van der Waals surface area contributed by atoms with E-state index < -0.39 is 23.5 Å². The molecule has 1 fully saturated rings. The van der Waals surface area contributed by atoms with Gasteiger partial charge in [-0.1, -0.05) is 29.8 Å². The highest BCUT2D eigenvalue weighted by atomic mass is 35.5. The van der Waals surface area contributed by atoms with Crippen molar-refractivity contribution in [2.45, 2.75) is 13.0 Å². The minimum atomic E-state index is -0.865. The maximum absolute atomic E-state index is 13.9. The first-order valence-corrected chi connectivity index (χ1v) is 10.0. The van der Waals surface area contributed by atoms with Gasteiger partial charge in [0.05, 0.1) is 5.57 Å². The van der Waals surface area contributed by atoms with Crippen molar-refractivity contribution in [3.63, 3.8) is 0 Å². The summed E-state index contributed by atoms with van der Waals surface area (Å²) in [5.74, 6) is -2.50. The van der Waals surface area contributed by atoms with Gasteiger partial charge in [0.25, 0.3) is 11.7 Å². The van der Waals surface area contributed by atoms with Crippen molar-refractivity contribution >= 4 is 46.1 Å². The van der Waals surface area contributed by atoms with Crippen molar-refractivity contribution in [3.05, 3.63) is 92.4 Å². The minimum absolute atomic E-state index is 0.0490. The van der Waals surface area contributed by atoms with Crippen molar-refractivity contribution in [2.24, 2.45) is 0 Å². The standard InChI is InChI=1S/C22H15ClFNO3S/c1-12-8-9-29-21(12)18-17(19(26)13-4-2-5-14(23)10-13)20(27)22(28)25(18)16-7-3-6-15(24)11-16/h2-11,18,26H,1H3/b19-17-. The SMILES string of the molecule is Cc1ccsc1C1/C(=C(/O)c2cccc(Cl)c2)C(=O)C(=O)N1c1cccc(F)c1. The van der Waals surface area contributed by atoms with E-state index in [1.807, 2.05) is 18.4 Å². The van der Waals surface area contributed by atoms with E-state index >= 15 is 0 Å². The predicted molar refractivity (Wildman–Crippen MR) is 112 cm³/mol. The molecule has 1 unspecified atom stereocenters. The van der Waals surface area contributed by atoms with Crippen molar-refractivity contribution in [1.29, 1.82) is 0 Å². The number of hydrogen-bond acceptors (Lipinski definition) is 4. The fraction of sp³-hybridized carbons (Fsp3) is 0.0909. The Bertz CT molecular complexity index is 1170. The van der Waals surface area contributed by atoms with E-state index in [1.165, 1.54) is 40.5 Å². The smallest absolute Gasteiger partial charge is 0.300 e. The number of carbonyl (C=O) groups excluding carboxylic acids is 2. The molecule has 0 spiro atoms. The Morgan fingerprint density at radius 2 is 1.90 bits per heavy atom. The van der Waals surface area contributed by atoms with Crippen LogP contribution in [0.5, 0.6) is 0 Å². The third kappa shape index (κ3) is 3.34. The quantitative estimate of drug-likeness (QED) is 0.342. The number of ketones is 1. The van der Waals surface area contributed by atoms with E-state index in [0.717, 1.165) is 10.4 Å². The summed E-state index contributed by atoms with van der Waals surface area (Å²) in [6.07, 6.45) is 0. The molecule has 0 radical (unpaired) electrons. The largest absolute Gasteiger partial charge is 0.507 e. The number of carbonyl (C=O) groups is 2. The van der Waals surface area contributed by atoms with Gasteiger partial charge in [-0.15, -0.1) is 11.3 Å². The fourth-order valence-corrected chi connectivity index (χ4v) is 4.64. The van der Waals surface area contributed by atoms with Crippen molar-refractivity contribution in [2.75, 3.05) is 4.90 Å². The lowest BCUT2D eigenvalue weighted by molar-refractivity contribution is -0.132. The molecule has 1 saturated heterocycles. The molecule has 1 aromatic heterocycles. The van der Waals surface area contributed by atoms with Crippen molar-refractivity contribution in [1.82, 2.24) is 0 Å². The highest BCUT2D eigenvalue weighted by Gasteiger charge is 2.48. The van der Waals surface area contributed by atoms with Crippen LogP contribution in [0.15, 0.2) is 65.6 Å². The average Bonchev–Trinajstić information content (AvgIpc) is 3.22. The highest BCUT2D eigenvalue weighted by molar-refractivity contribution is 7.10. The van der Waals surface area contributed by atoms with Crippen LogP contribution < -0.4 is 4.90 Å². The van der Waals surface area contributed by atoms with Crippen LogP contribution >= 0.6 is 22.9 Å². The summed E-state index contributed by atoms with van der Waals surface area (Å²) < 4.78 is 13.9. The lowest BCUT2D eigenvalue weighted by Crippen LogP contribution is -2.29. The summed E-state index contributed by atoms with van der Waals surface area (Å²) in [6.45, 7) is 1.86. The molecule has 0 saturated carbocycles. The number of Topliss-reactive ketones (excluding diaryl/α,β-unsaturated/α-hetero) is 1. The molecule has 1 aliphatic heterocycles. The minimum Gasteiger partial charge on any atom is -0.507 e. The van der Waals surface area contributed by atoms with Gasteiger partial charge >= 0.3 is 0 Å². The Labute approximate surface area is 175 Å². The zero-order valence-corrected chi connectivity index (χ0v) is 16.8. The molecular weight excluding hydrogens is 413 g/mol. The van der Waals surface area contributed by atoms with Crippen LogP contribution in [0.25, 0.3) is 5.76 Å². The van der Waals surface area contributed by atoms with Gasteiger partial charge in [0, 0.05) is 21.2 Å². The summed E-state index contributed by atoms with van der Waals surface area (Å²) in [4.78, 5) is 27.8. The number of halogens is 2. The Kier molecular flexibility index (Phi) is 4.98. The van der Waals surface area contributed by atoms with E-state index in [9.17, 15) is 19.1 Å². The molecule has 0 aliphatic carbocycles. The van der Waals surface area contributed by atoms with Crippen LogP contribution in [0.2, 0.25) is 5.02 Å². The second-order valence-electron chi connectivity index (χ2n) is 6.63. The van der Waals surface area contributed by atoms with Gasteiger partial charge in [0.1, 0.15) is 17.6 Å². The number of aliphatic hydroxyl groups excluding tert-OH is 1.